The summed E-state index contributed by atoms with van der Waals surface area (Å²) in [5.74, 6) is 0.114. The second kappa shape index (κ2) is 4.04. The van der Waals surface area contributed by atoms with Crippen LogP contribution in [0.3, 0.4) is 0 Å². The molecule has 0 saturated carbocycles. The van der Waals surface area contributed by atoms with Gasteiger partial charge in [-0.1, -0.05) is 53.5 Å². The Labute approximate surface area is 96.9 Å². The van der Waals surface area contributed by atoms with Crippen molar-refractivity contribution in [3.05, 3.63) is 40.5 Å². The van der Waals surface area contributed by atoms with Crippen LogP contribution in [0.4, 0.5) is 5.95 Å². The van der Waals surface area contributed by atoms with E-state index in [4.69, 9.17) is 28.9 Å². The summed E-state index contributed by atoms with van der Waals surface area (Å²) in [7, 11) is 0. The number of rotatable bonds is 1. The Balaban J connectivity index is 2.63. The van der Waals surface area contributed by atoms with Gasteiger partial charge in [-0.3, -0.25) is 0 Å². The maximum atomic E-state index is 5.99. The Bertz CT molecular complexity index is 486. The molecule has 15 heavy (non-hydrogen) atoms. The molecule has 1 aromatic heterocycles. The molecule has 0 aliphatic rings. The van der Waals surface area contributed by atoms with E-state index in [0.717, 1.165) is 5.56 Å². The van der Waals surface area contributed by atoms with Gasteiger partial charge in [0.25, 0.3) is 0 Å². The monoisotopic (exact) mass is 239 g/mol. The smallest absolute Gasteiger partial charge is 0.222 e. The average Bonchev–Trinajstić information content (AvgIpc) is 2.24. The summed E-state index contributed by atoms with van der Waals surface area (Å²) in [6.07, 6.45) is 0. The SMILES string of the molecule is Nc1nc(Cl)c(Cl)c(-c2ccccc2)n1. The number of nitrogens with two attached hydrogens (primary N) is 1. The minimum atomic E-state index is 0.114. The zero-order valence-electron chi connectivity index (χ0n) is 7.61. The van der Waals surface area contributed by atoms with E-state index in [-0.39, 0.29) is 11.1 Å². The molecule has 0 fully saturated rings. The molecule has 0 radical (unpaired) electrons. The Morgan fingerprint density at radius 3 is 2.33 bits per heavy atom. The zero-order valence-corrected chi connectivity index (χ0v) is 9.13. The number of aromatic nitrogens is 2. The van der Waals surface area contributed by atoms with E-state index < -0.39 is 0 Å². The first-order valence-electron chi connectivity index (χ1n) is 4.22. The fourth-order valence-corrected chi connectivity index (χ4v) is 1.59. The van der Waals surface area contributed by atoms with Gasteiger partial charge in [-0.2, -0.15) is 4.98 Å². The molecule has 3 nitrogen and oxygen atoms in total. The number of halogens is 2. The first-order valence-corrected chi connectivity index (χ1v) is 4.98. The molecule has 2 aromatic rings. The van der Waals surface area contributed by atoms with Crippen molar-refractivity contribution in [2.75, 3.05) is 5.73 Å². The van der Waals surface area contributed by atoms with Crippen LogP contribution in [-0.2, 0) is 0 Å². The van der Waals surface area contributed by atoms with Crippen molar-refractivity contribution in [2.45, 2.75) is 0 Å². The van der Waals surface area contributed by atoms with Gasteiger partial charge in [0.2, 0.25) is 5.95 Å². The van der Waals surface area contributed by atoms with Gasteiger partial charge in [-0.25, -0.2) is 4.98 Å². The van der Waals surface area contributed by atoms with E-state index >= 15 is 0 Å². The summed E-state index contributed by atoms with van der Waals surface area (Å²) in [6, 6.07) is 9.44. The van der Waals surface area contributed by atoms with Crippen LogP contribution < -0.4 is 5.73 Å². The van der Waals surface area contributed by atoms with Crippen molar-refractivity contribution < 1.29 is 0 Å². The summed E-state index contributed by atoms with van der Waals surface area (Å²) in [6.45, 7) is 0. The summed E-state index contributed by atoms with van der Waals surface area (Å²) >= 11 is 11.8. The van der Waals surface area contributed by atoms with Gasteiger partial charge in [-0.15, -0.1) is 0 Å². The van der Waals surface area contributed by atoms with Crippen molar-refractivity contribution >= 4 is 29.2 Å². The first kappa shape index (κ1) is 10.2. The minimum absolute atomic E-state index is 0.114. The minimum Gasteiger partial charge on any atom is -0.368 e. The molecule has 5 heteroatoms. The highest BCUT2D eigenvalue weighted by Crippen LogP contribution is 2.30. The van der Waals surface area contributed by atoms with Gasteiger partial charge in [0, 0.05) is 5.56 Å². The third-order valence-electron chi connectivity index (χ3n) is 1.88. The topological polar surface area (TPSA) is 51.8 Å². The molecule has 76 valence electrons. The number of nitrogens with zero attached hydrogens (tertiary/aromatic N) is 2. The van der Waals surface area contributed by atoms with Crippen LogP contribution >= 0.6 is 23.2 Å². The lowest BCUT2D eigenvalue weighted by Crippen LogP contribution is -1.97. The zero-order chi connectivity index (χ0) is 10.8. The standard InChI is InChI=1S/C10H7Cl2N3/c11-7-8(6-4-2-1-3-5-6)14-10(13)15-9(7)12/h1-5H,(H2,13,14,15). The van der Waals surface area contributed by atoms with Crippen molar-refractivity contribution in [3.8, 4) is 11.3 Å². The Hall–Kier alpha value is -1.32. The molecule has 0 saturated heterocycles. The van der Waals surface area contributed by atoms with Gasteiger partial charge in [0.15, 0.2) is 5.15 Å². The Morgan fingerprint density at radius 1 is 1.00 bits per heavy atom. The molecule has 2 N–H and O–H groups in total. The van der Waals surface area contributed by atoms with Crippen LogP contribution in [-0.4, -0.2) is 9.97 Å². The molecule has 0 unspecified atom stereocenters. The number of benzene rings is 1. The van der Waals surface area contributed by atoms with Gasteiger partial charge >= 0.3 is 0 Å². The molecule has 2 rings (SSSR count). The Morgan fingerprint density at radius 2 is 1.67 bits per heavy atom. The third-order valence-corrected chi connectivity index (χ3v) is 2.60. The van der Waals surface area contributed by atoms with E-state index in [2.05, 4.69) is 9.97 Å². The predicted octanol–water partition coefficient (Wildman–Crippen LogP) is 3.03. The molecule has 1 heterocycles. The fourth-order valence-electron chi connectivity index (χ4n) is 1.22. The maximum absolute atomic E-state index is 5.99. The van der Waals surface area contributed by atoms with Crippen LogP contribution in [0.15, 0.2) is 30.3 Å². The fraction of sp³-hybridized carbons (Fsp3) is 0. The van der Waals surface area contributed by atoms with Gasteiger partial charge in [0.1, 0.15) is 5.02 Å². The van der Waals surface area contributed by atoms with Crippen LogP contribution in [0.25, 0.3) is 11.3 Å². The highest BCUT2D eigenvalue weighted by Gasteiger charge is 2.10. The summed E-state index contributed by atoms with van der Waals surface area (Å²) < 4.78 is 0. The van der Waals surface area contributed by atoms with Crippen molar-refractivity contribution in [1.82, 2.24) is 9.97 Å². The van der Waals surface area contributed by atoms with E-state index in [0.29, 0.717) is 10.7 Å². The molecule has 0 amide bonds. The van der Waals surface area contributed by atoms with Crippen LogP contribution in [0.1, 0.15) is 0 Å². The highest BCUT2D eigenvalue weighted by molar-refractivity contribution is 6.42. The average molecular weight is 240 g/mol. The number of hydrogen-bond donors (Lipinski definition) is 1. The maximum Gasteiger partial charge on any atom is 0.222 e. The second-order valence-corrected chi connectivity index (χ2v) is 3.64. The summed E-state index contributed by atoms with van der Waals surface area (Å²) in [5.41, 5.74) is 6.91. The second-order valence-electron chi connectivity index (χ2n) is 2.90. The summed E-state index contributed by atoms with van der Waals surface area (Å²) in [4.78, 5) is 7.81. The van der Waals surface area contributed by atoms with E-state index in [1.54, 1.807) is 0 Å². The Kier molecular flexibility index (Phi) is 2.75. The van der Waals surface area contributed by atoms with E-state index in [9.17, 15) is 0 Å². The van der Waals surface area contributed by atoms with Crippen LogP contribution in [0.5, 0.6) is 0 Å². The molecule has 0 spiro atoms. The highest BCUT2D eigenvalue weighted by atomic mass is 35.5. The predicted molar refractivity (Wildman–Crippen MR) is 61.9 cm³/mol. The lowest BCUT2D eigenvalue weighted by molar-refractivity contribution is 1.19. The van der Waals surface area contributed by atoms with Crippen molar-refractivity contribution in [3.63, 3.8) is 0 Å². The quantitative estimate of drug-likeness (QED) is 0.779. The van der Waals surface area contributed by atoms with E-state index in [1.807, 2.05) is 30.3 Å². The van der Waals surface area contributed by atoms with Crippen LogP contribution in [0.2, 0.25) is 10.2 Å². The first-order chi connectivity index (χ1) is 7.18. The van der Waals surface area contributed by atoms with Crippen LogP contribution in [0, 0.1) is 0 Å². The summed E-state index contributed by atoms with van der Waals surface area (Å²) in [5, 5.41) is 0.486. The molecule has 0 aliphatic carbocycles. The van der Waals surface area contributed by atoms with Crippen molar-refractivity contribution in [1.29, 1.82) is 0 Å². The number of anilines is 1. The lowest BCUT2D eigenvalue weighted by atomic mass is 10.1. The third kappa shape index (κ3) is 2.03. The lowest BCUT2D eigenvalue weighted by Gasteiger charge is -2.05. The number of hydrogen-bond acceptors (Lipinski definition) is 3. The molecular formula is C10H7Cl2N3. The molecule has 0 aliphatic heterocycles. The largest absolute Gasteiger partial charge is 0.368 e. The normalized spacial score (nSPS) is 10.3. The van der Waals surface area contributed by atoms with Crippen molar-refractivity contribution in [2.24, 2.45) is 0 Å². The molecular weight excluding hydrogens is 233 g/mol. The van der Waals surface area contributed by atoms with Gasteiger partial charge < -0.3 is 5.73 Å². The van der Waals surface area contributed by atoms with E-state index in [1.165, 1.54) is 0 Å². The van der Waals surface area contributed by atoms with Gasteiger partial charge in [-0.05, 0) is 0 Å². The molecule has 1 aromatic carbocycles. The van der Waals surface area contributed by atoms with Gasteiger partial charge in [0.05, 0.1) is 5.69 Å². The number of nitrogen functional groups attached to an aromatic ring is 1. The molecule has 0 atom stereocenters. The molecule has 0 bridgehead atoms.